The van der Waals surface area contributed by atoms with E-state index in [1.54, 1.807) is 12.4 Å². The molecular formula is C20H18N8O2. The molecule has 2 N–H and O–H groups in total. The van der Waals surface area contributed by atoms with Gasteiger partial charge >= 0.3 is 11.4 Å². The van der Waals surface area contributed by atoms with Crippen molar-refractivity contribution < 1.29 is 0 Å². The van der Waals surface area contributed by atoms with Crippen LogP contribution >= 0.6 is 0 Å². The van der Waals surface area contributed by atoms with Gasteiger partial charge in [-0.15, -0.1) is 0 Å². The predicted octanol–water partition coefficient (Wildman–Crippen LogP) is 1.94. The first-order valence-corrected chi connectivity index (χ1v) is 9.25. The van der Waals surface area contributed by atoms with Crippen molar-refractivity contribution in [3.8, 4) is 22.8 Å². The second-order valence-electron chi connectivity index (χ2n) is 6.23. The molecule has 0 fully saturated rings. The molecule has 0 aliphatic heterocycles. The van der Waals surface area contributed by atoms with Crippen molar-refractivity contribution >= 4 is 12.4 Å². The standard InChI is InChI=1S/C20H18N8O2/c29-19-25-23-17(15-9-3-1-4-10-15)27(19)21-13-7-8-14-22-28-18(24-26-20(28)30)16-11-5-2-6-12-16/h1-6,9-14H,7-8H2,(H,25,29)(H,26,30)/b21-13-,22-14?. The molecule has 2 aromatic heterocycles. The first kappa shape index (κ1) is 19.0. The zero-order chi connectivity index (χ0) is 20.8. The molecule has 0 amide bonds. The highest BCUT2D eigenvalue weighted by Crippen LogP contribution is 2.14. The largest absolute Gasteiger partial charge is 0.364 e. The molecule has 4 aromatic rings. The van der Waals surface area contributed by atoms with Gasteiger partial charge in [-0.25, -0.2) is 19.8 Å². The summed E-state index contributed by atoms with van der Waals surface area (Å²) in [5, 5.41) is 21.2. The number of hydrogen-bond acceptors (Lipinski definition) is 6. The van der Waals surface area contributed by atoms with Gasteiger partial charge in [-0.2, -0.15) is 29.8 Å². The molecule has 0 spiro atoms. The highest BCUT2D eigenvalue weighted by Gasteiger charge is 2.09. The van der Waals surface area contributed by atoms with E-state index in [2.05, 4.69) is 30.6 Å². The summed E-state index contributed by atoms with van der Waals surface area (Å²) >= 11 is 0. The molecule has 10 nitrogen and oxygen atoms in total. The van der Waals surface area contributed by atoms with Crippen LogP contribution < -0.4 is 11.4 Å². The number of nitrogens with one attached hydrogen (secondary N) is 2. The lowest BCUT2D eigenvalue weighted by atomic mass is 10.2. The van der Waals surface area contributed by atoms with Crippen molar-refractivity contribution in [2.24, 2.45) is 10.2 Å². The van der Waals surface area contributed by atoms with Crippen LogP contribution in [0.15, 0.2) is 80.5 Å². The van der Waals surface area contributed by atoms with Gasteiger partial charge in [0.15, 0.2) is 11.6 Å². The van der Waals surface area contributed by atoms with Crippen molar-refractivity contribution in [1.82, 2.24) is 29.7 Å². The number of benzene rings is 2. The summed E-state index contributed by atoms with van der Waals surface area (Å²) in [6.07, 6.45) is 4.24. The number of rotatable bonds is 7. The molecule has 2 aromatic carbocycles. The Morgan fingerprint density at radius 2 is 1.10 bits per heavy atom. The fourth-order valence-electron chi connectivity index (χ4n) is 2.77. The van der Waals surface area contributed by atoms with Gasteiger partial charge in [-0.1, -0.05) is 60.7 Å². The molecular weight excluding hydrogens is 384 g/mol. The van der Waals surface area contributed by atoms with Gasteiger partial charge in [-0.3, -0.25) is 0 Å². The highest BCUT2D eigenvalue weighted by molar-refractivity contribution is 5.66. The molecule has 0 unspecified atom stereocenters. The van der Waals surface area contributed by atoms with E-state index < -0.39 is 11.4 Å². The Morgan fingerprint density at radius 1 is 0.700 bits per heavy atom. The van der Waals surface area contributed by atoms with E-state index >= 15 is 0 Å². The Morgan fingerprint density at radius 3 is 1.50 bits per heavy atom. The second-order valence-corrected chi connectivity index (χ2v) is 6.23. The van der Waals surface area contributed by atoms with Gasteiger partial charge in [-0.05, 0) is 12.8 Å². The lowest BCUT2D eigenvalue weighted by Gasteiger charge is -1.99. The second kappa shape index (κ2) is 8.78. The first-order chi connectivity index (χ1) is 14.7. The summed E-state index contributed by atoms with van der Waals surface area (Å²) in [5.41, 5.74) is 0.720. The van der Waals surface area contributed by atoms with Gasteiger partial charge in [0.25, 0.3) is 0 Å². The average Bonchev–Trinajstić information content (AvgIpc) is 3.34. The van der Waals surface area contributed by atoms with E-state index in [0.717, 1.165) is 11.1 Å². The smallest absolute Gasteiger partial charge is 0.244 e. The SMILES string of the molecule is O=c1[nH]nc(-c2ccccc2)n1N=CCC/C=N\n1c(-c2ccccc2)n[nH]c1=O. The van der Waals surface area contributed by atoms with Crippen molar-refractivity contribution in [2.75, 3.05) is 0 Å². The van der Waals surface area contributed by atoms with Gasteiger partial charge < -0.3 is 0 Å². The number of hydrogen-bond donors (Lipinski definition) is 2. The quantitative estimate of drug-likeness (QED) is 0.362. The molecule has 4 rings (SSSR count). The van der Waals surface area contributed by atoms with E-state index in [1.807, 2.05) is 60.7 Å². The summed E-state index contributed by atoms with van der Waals surface area (Å²) in [7, 11) is 0. The van der Waals surface area contributed by atoms with Crippen LogP contribution in [0.2, 0.25) is 0 Å². The third-order valence-electron chi connectivity index (χ3n) is 4.18. The molecule has 150 valence electrons. The average molecular weight is 402 g/mol. The van der Waals surface area contributed by atoms with Crippen LogP contribution in [-0.2, 0) is 0 Å². The molecule has 0 aliphatic rings. The van der Waals surface area contributed by atoms with Crippen LogP contribution in [0.5, 0.6) is 0 Å². The lowest BCUT2D eigenvalue weighted by Crippen LogP contribution is -2.14. The molecule has 0 saturated heterocycles. The fraction of sp³-hybridized carbons (Fsp3) is 0.100. The number of aromatic nitrogens is 6. The molecule has 0 atom stereocenters. The maximum absolute atomic E-state index is 12.0. The van der Waals surface area contributed by atoms with Crippen LogP contribution in [0.3, 0.4) is 0 Å². The summed E-state index contributed by atoms with van der Waals surface area (Å²) in [6, 6.07) is 18.6. The third kappa shape index (κ3) is 4.07. The minimum atomic E-state index is -0.420. The topological polar surface area (TPSA) is 126 Å². The Labute approximate surface area is 170 Å². The number of H-pyrrole nitrogens is 2. The summed E-state index contributed by atoms with van der Waals surface area (Å²) in [6.45, 7) is 0. The third-order valence-corrected chi connectivity index (χ3v) is 4.18. The van der Waals surface area contributed by atoms with E-state index in [1.165, 1.54) is 9.35 Å². The van der Waals surface area contributed by atoms with E-state index in [-0.39, 0.29) is 0 Å². The van der Waals surface area contributed by atoms with Crippen LogP contribution in [0.4, 0.5) is 0 Å². The number of nitrogens with zero attached hydrogens (tertiary/aromatic N) is 6. The van der Waals surface area contributed by atoms with E-state index in [0.29, 0.717) is 24.5 Å². The lowest BCUT2D eigenvalue weighted by molar-refractivity contribution is 0.830. The van der Waals surface area contributed by atoms with Gasteiger partial charge in [0.2, 0.25) is 0 Å². The maximum atomic E-state index is 12.0. The van der Waals surface area contributed by atoms with Gasteiger partial charge in [0.1, 0.15) is 0 Å². The summed E-state index contributed by atoms with van der Waals surface area (Å²) < 4.78 is 2.42. The zero-order valence-electron chi connectivity index (χ0n) is 15.8. The Hall–Kier alpha value is -4.34. The Kier molecular flexibility index (Phi) is 5.56. The number of unbranched alkanes of at least 4 members (excludes halogenated alkanes) is 1. The van der Waals surface area contributed by atoms with E-state index in [4.69, 9.17) is 0 Å². The van der Waals surface area contributed by atoms with Crippen LogP contribution in [0, 0.1) is 0 Å². The molecule has 0 saturated carbocycles. The van der Waals surface area contributed by atoms with Crippen molar-refractivity contribution in [1.29, 1.82) is 0 Å². The van der Waals surface area contributed by atoms with Gasteiger partial charge in [0, 0.05) is 23.6 Å². The monoisotopic (exact) mass is 402 g/mol. The molecule has 0 bridgehead atoms. The van der Waals surface area contributed by atoms with Gasteiger partial charge in [0.05, 0.1) is 0 Å². The fourth-order valence-corrected chi connectivity index (χ4v) is 2.77. The van der Waals surface area contributed by atoms with Crippen LogP contribution in [0.25, 0.3) is 22.8 Å². The highest BCUT2D eigenvalue weighted by atomic mass is 16.2. The zero-order valence-corrected chi connectivity index (χ0v) is 15.8. The Bertz CT molecular complexity index is 1180. The van der Waals surface area contributed by atoms with Crippen LogP contribution in [-0.4, -0.2) is 42.2 Å². The van der Waals surface area contributed by atoms with Crippen molar-refractivity contribution in [3.05, 3.63) is 81.6 Å². The molecule has 0 aliphatic carbocycles. The minimum Gasteiger partial charge on any atom is -0.244 e. The van der Waals surface area contributed by atoms with Crippen molar-refractivity contribution in [3.63, 3.8) is 0 Å². The van der Waals surface area contributed by atoms with Crippen molar-refractivity contribution in [2.45, 2.75) is 12.8 Å². The minimum absolute atomic E-state index is 0.420. The number of aromatic amines is 2. The first-order valence-electron chi connectivity index (χ1n) is 9.25. The molecule has 0 radical (unpaired) electrons. The molecule has 2 heterocycles. The summed E-state index contributed by atoms with van der Waals surface area (Å²) in [5.74, 6) is 0.867. The predicted molar refractivity (Wildman–Crippen MR) is 114 cm³/mol. The summed E-state index contributed by atoms with van der Waals surface area (Å²) in [4.78, 5) is 23.9. The maximum Gasteiger partial charge on any atom is 0.364 e. The Balaban J connectivity index is 1.43. The van der Waals surface area contributed by atoms with Crippen LogP contribution in [0.1, 0.15) is 12.8 Å². The molecule has 10 heteroatoms. The molecule has 30 heavy (non-hydrogen) atoms. The normalized spacial score (nSPS) is 11.6. The van der Waals surface area contributed by atoms with E-state index in [9.17, 15) is 9.59 Å².